The van der Waals surface area contributed by atoms with Gasteiger partial charge in [0.25, 0.3) is 0 Å². The average Bonchev–Trinajstić information content (AvgIpc) is 2.53. The summed E-state index contributed by atoms with van der Waals surface area (Å²) in [6.45, 7) is 3.78. The maximum atomic E-state index is 11.7. The van der Waals surface area contributed by atoms with Crippen LogP contribution in [-0.2, 0) is 19.1 Å². The first-order valence-electron chi connectivity index (χ1n) is 5.53. The fourth-order valence-corrected chi connectivity index (χ4v) is 2.70. The second kappa shape index (κ2) is 3.92. The lowest BCUT2D eigenvalue weighted by Gasteiger charge is -2.30. The van der Waals surface area contributed by atoms with Crippen molar-refractivity contribution in [1.29, 1.82) is 0 Å². The molecule has 0 spiro atoms. The summed E-state index contributed by atoms with van der Waals surface area (Å²) in [4.78, 5) is 23.4. The molecule has 0 aromatic carbocycles. The molecule has 88 valence electrons. The maximum Gasteiger partial charge on any atom is 0.310 e. The lowest BCUT2D eigenvalue weighted by molar-refractivity contribution is -0.156. The Morgan fingerprint density at radius 1 is 1.38 bits per heavy atom. The van der Waals surface area contributed by atoms with Crippen LogP contribution in [0.5, 0.6) is 0 Å². The SMILES string of the molecule is COC(=O)[C@@H]1[C@@H]2C(=O)O[C@H](C)[C@@H]2C=C[C@@H]1C. The normalized spacial score (nSPS) is 41.4. The summed E-state index contributed by atoms with van der Waals surface area (Å²) in [6, 6.07) is 0. The number of hydrogen-bond acceptors (Lipinski definition) is 4. The number of ether oxygens (including phenoxy) is 2. The first-order valence-corrected chi connectivity index (χ1v) is 5.53. The number of fused-ring (bicyclic) bond motifs is 1. The van der Waals surface area contributed by atoms with Crippen LogP contribution in [0.3, 0.4) is 0 Å². The van der Waals surface area contributed by atoms with Crippen molar-refractivity contribution in [2.75, 3.05) is 7.11 Å². The van der Waals surface area contributed by atoms with E-state index in [-0.39, 0.29) is 35.8 Å². The van der Waals surface area contributed by atoms with Gasteiger partial charge in [0.05, 0.1) is 18.9 Å². The number of esters is 2. The van der Waals surface area contributed by atoms with Crippen LogP contribution in [-0.4, -0.2) is 25.2 Å². The maximum absolute atomic E-state index is 11.7. The van der Waals surface area contributed by atoms with Gasteiger partial charge in [-0.25, -0.2) is 0 Å². The summed E-state index contributed by atoms with van der Waals surface area (Å²) < 4.78 is 9.95. The molecule has 2 rings (SSSR count). The molecule has 0 unspecified atom stereocenters. The minimum atomic E-state index is -0.405. The summed E-state index contributed by atoms with van der Waals surface area (Å²) in [5.74, 6) is -1.35. The fourth-order valence-electron chi connectivity index (χ4n) is 2.70. The molecule has 0 aromatic heterocycles. The van der Waals surface area contributed by atoms with E-state index < -0.39 is 5.92 Å². The molecule has 0 radical (unpaired) electrons. The third kappa shape index (κ3) is 1.52. The van der Waals surface area contributed by atoms with E-state index in [2.05, 4.69) is 0 Å². The number of carbonyl (C=O) groups is 2. The van der Waals surface area contributed by atoms with E-state index in [1.165, 1.54) is 7.11 Å². The van der Waals surface area contributed by atoms with E-state index in [0.29, 0.717) is 0 Å². The monoisotopic (exact) mass is 224 g/mol. The molecule has 1 saturated heterocycles. The molecule has 16 heavy (non-hydrogen) atoms. The molecule has 1 heterocycles. The zero-order chi connectivity index (χ0) is 11.9. The summed E-state index contributed by atoms with van der Waals surface area (Å²) in [6.07, 6.45) is 3.82. The molecular formula is C12H16O4. The number of methoxy groups -OCH3 is 1. The van der Waals surface area contributed by atoms with Gasteiger partial charge in [-0.05, 0) is 12.8 Å². The van der Waals surface area contributed by atoms with Crippen LogP contribution in [0, 0.1) is 23.7 Å². The Morgan fingerprint density at radius 3 is 2.69 bits per heavy atom. The second-order valence-corrected chi connectivity index (χ2v) is 4.54. The predicted molar refractivity (Wildman–Crippen MR) is 56.3 cm³/mol. The molecule has 0 aromatic rings. The minimum Gasteiger partial charge on any atom is -0.469 e. The largest absolute Gasteiger partial charge is 0.469 e. The van der Waals surface area contributed by atoms with Crippen molar-refractivity contribution < 1.29 is 19.1 Å². The van der Waals surface area contributed by atoms with E-state index in [1.807, 2.05) is 26.0 Å². The first-order chi connectivity index (χ1) is 7.56. The lowest BCUT2D eigenvalue weighted by Crippen LogP contribution is -2.38. The Balaban J connectivity index is 2.34. The van der Waals surface area contributed by atoms with Crippen molar-refractivity contribution in [3.8, 4) is 0 Å². The standard InChI is InChI=1S/C12H16O4/c1-6-4-5-8-7(2)16-12(14)10(8)9(6)11(13)15-3/h4-10H,1-3H3/t6-,7+,8-,9-,10+/m0/s1. The molecule has 0 N–H and O–H groups in total. The quantitative estimate of drug-likeness (QED) is 0.495. The summed E-state index contributed by atoms with van der Waals surface area (Å²) in [7, 11) is 1.35. The molecule has 0 saturated carbocycles. The number of hydrogen-bond donors (Lipinski definition) is 0. The highest BCUT2D eigenvalue weighted by molar-refractivity contribution is 5.84. The van der Waals surface area contributed by atoms with E-state index in [4.69, 9.17) is 9.47 Å². The Labute approximate surface area is 94.6 Å². The Kier molecular flexibility index (Phi) is 2.74. The van der Waals surface area contributed by atoms with Gasteiger partial charge in [-0.2, -0.15) is 0 Å². The van der Waals surface area contributed by atoms with E-state index in [9.17, 15) is 9.59 Å². The Morgan fingerprint density at radius 2 is 2.06 bits per heavy atom. The van der Waals surface area contributed by atoms with Crippen LogP contribution in [0.1, 0.15) is 13.8 Å². The molecule has 1 fully saturated rings. The summed E-state index contributed by atoms with van der Waals surface area (Å²) in [5, 5.41) is 0. The second-order valence-electron chi connectivity index (χ2n) is 4.54. The zero-order valence-electron chi connectivity index (χ0n) is 9.67. The Hall–Kier alpha value is -1.32. The van der Waals surface area contributed by atoms with Crippen molar-refractivity contribution in [1.82, 2.24) is 0 Å². The number of carbonyl (C=O) groups excluding carboxylic acids is 2. The van der Waals surface area contributed by atoms with E-state index in [0.717, 1.165) is 0 Å². The van der Waals surface area contributed by atoms with Gasteiger partial charge in [0.1, 0.15) is 6.10 Å². The molecule has 4 nitrogen and oxygen atoms in total. The van der Waals surface area contributed by atoms with Crippen LogP contribution in [0.2, 0.25) is 0 Å². The van der Waals surface area contributed by atoms with Crippen molar-refractivity contribution in [3.63, 3.8) is 0 Å². The summed E-state index contributed by atoms with van der Waals surface area (Å²) in [5.41, 5.74) is 0. The van der Waals surface area contributed by atoms with Gasteiger partial charge in [0.2, 0.25) is 0 Å². The van der Waals surface area contributed by atoms with Gasteiger partial charge < -0.3 is 9.47 Å². The van der Waals surface area contributed by atoms with Crippen LogP contribution in [0.15, 0.2) is 12.2 Å². The Bertz CT molecular complexity index is 339. The summed E-state index contributed by atoms with van der Waals surface area (Å²) >= 11 is 0. The highest BCUT2D eigenvalue weighted by Gasteiger charge is 2.51. The van der Waals surface area contributed by atoms with Crippen LogP contribution in [0.4, 0.5) is 0 Å². The topological polar surface area (TPSA) is 52.6 Å². The van der Waals surface area contributed by atoms with Gasteiger partial charge >= 0.3 is 11.9 Å². The highest BCUT2D eigenvalue weighted by Crippen LogP contribution is 2.42. The third-order valence-electron chi connectivity index (χ3n) is 3.59. The van der Waals surface area contributed by atoms with Crippen molar-refractivity contribution in [3.05, 3.63) is 12.2 Å². The third-order valence-corrected chi connectivity index (χ3v) is 3.59. The fraction of sp³-hybridized carbons (Fsp3) is 0.667. The molecular weight excluding hydrogens is 208 g/mol. The van der Waals surface area contributed by atoms with Crippen molar-refractivity contribution in [2.45, 2.75) is 20.0 Å². The molecule has 2 aliphatic rings. The van der Waals surface area contributed by atoms with Crippen molar-refractivity contribution >= 4 is 11.9 Å². The smallest absolute Gasteiger partial charge is 0.310 e. The molecule has 4 heteroatoms. The van der Waals surface area contributed by atoms with Gasteiger partial charge in [-0.15, -0.1) is 0 Å². The van der Waals surface area contributed by atoms with Gasteiger partial charge in [-0.1, -0.05) is 19.1 Å². The van der Waals surface area contributed by atoms with Gasteiger partial charge in [-0.3, -0.25) is 9.59 Å². The molecule has 1 aliphatic carbocycles. The molecule has 0 amide bonds. The van der Waals surface area contributed by atoms with E-state index >= 15 is 0 Å². The molecule has 0 bridgehead atoms. The molecule has 5 atom stereocenters. The predicted octanol–water partition coefficient (Wildman–Crippen LogP) is 1.16. The number of allylic oxidation sites excluding steroid dienone is 1. The van der Waals surface area contributed by atoms with Crippen LogP contribution < -0.4 is 0 Å². The molecule has 1 aliphatic heterocycles. The first kappa shape index (κ1) is 11.2. The average molecular weight is 224 g/mol. The zero-order valence-corrected chi connectivity index (χ0v) is 9.67. The van der Waals surface area contributed by atoms with Gasteiger partial charge in [0, 0.05) is 5.92 Å². The van der Waals surface area contributed by atoms with Crippen LogP contribution in [0.25, 0.3) is 0 Å². The number of rotatable bonds is 1. The van der Waals surface area contributed by atoms with E-state index in [1.54, 1.807) is 0 Å². The number of cyclic esters (lactones) is 1. The van der Waals surface area contributed by atoms with Crippen molar-refractivity contribution in [2.24, 2.45) is 23.7 Å². The lowest BCUT2D eigenvalue weighted by atomic mass is 9.71. The minimum absolute atomic E-state index is 0.00722. The van der Waals surface area contributed by atoms with Gasteiger partial charge in [0.15, 0.2) is 0 Å². The highest BCUT2D eigenvalue weighted by atomic mass is 16.6. The van der Waals surface area contributed by atoms with Crippen LogP contribution >= 0.6 is 0 Å².